The van der Waals surface area contributed by atoms with E-state index in [9.17, 15) is 10.1 Å². The Kier molecular flexibility index (Phi) is 4.01. The van der Waals surface area contributed by atoms with Gasteiger partial charge in [-0.05, 0) is 26.0 Å². The van der Waals surface area contributed by atoms with Gasteiger partial charge in [0.1, 0.15) is 10.7 Å². The fourth-order valence-electron chi connectivity index (χ4n) is 1.65. The van der Waals surface area contributed by atoms with Crippen molar-refractivity contribution in [2.75, 3.05) is 5.32 Å². The zero-order valence-electron chi connectivity index (χ0n) is 10.4. The van der Waals surface area contributed by atoms with Gasteiger partial charge in [0.05, 0.1) is 11.0 Å². The number of halogens is 1. The van der Waals surface area contributed by atoms with Gasteiger partial charge in [0.15, 0.2) is 0 Å². The van der Waals surface area contributed by atoms with Crippen molar-refractivity contribution in [1.29, 1.82) is 0 Å². The van der Waals surface area contributed by atoms with E-state index in [0.29, 0.717) is 10.7 Å². The van der Waals surface area contributed by atoms with Crippen LogP contribution < -0.4 is 5.32 Å². The number of anilines is 1. The molecule has 0 saturated carbocycles. The molecule has 0 aliphatic rings. The summed E-state index contributed by atoms with van der Waals surface area (Å²) in [6.45, 7) is 3.87. The maximum atomic E-state index is 11.0. The van der Waals surface area contributed by atoms with Gasteiger partial charge in [0.2, 0.25) is 0 Å². The van der Waals surface area contributed by atoms with Crippen LogP contribution in [0.25, 0.3) is 0 Å². The zero-order chi connectivity index (χ0) is 14.0. The van der Waals surface area contributed by atoms with E-state index in [1.165, 1.54) is 12.1 Å². The van der Waals surface area contributed by atoms with Crippen LogP contribution >= 0.6 is 22.9 Å². The smallest absolute Gasteiger partial charge is 0.292 e. The first-order valence-corrected chi connectivity index (χ1v) is 6.79. The highest BCUT2D eigenvalue weighted by atomic mass is 35.5. The second-order valence-electron chi connectivity index (χ2n) is 4.09. The lowest BCUT2D eigenvalue weighted by Crippen LogP contribution is -2.08. The molecule has 0 amide bonds. The van der Waals surface area contributed by atoms with Gasteiger partial charge in [-0.25, -0.2) is 4.98 Å². The molecule has 1 heterocycles. The Morgan fingerprint density at radius 2 is 2.26 bits per heavy atom. The highest BCUT2D eigenvalue weighted by Gasteiger charge is 2.17. The molecule has 0 saturated heterocycles. The minimum atomic E-state index is -0.432. The lowest BCUT2D eigenvalue weighted by Gasteiger charge is -2.13. The van der Waals surface area contributed by atoms with Gasteiger partial charge in [-0.1, -0.05) is 11.6 Å². The first-order valence-electron chi connectivity index (χ1n) is 5.60. The maximum absolute atomic E-state index is 11.0. The van der Waals surface area contributed by atoms with Crippen LogP contribution in [0.3, 0.4) is 0 Å². The predicted octanol–water partition coefficient (Wildman–Crippen LogP) is 4.19. The Morgan fingerprint density at radius 1 is 1.53 bits per heavy atom. The van der Waals surface area contributed by atoms with Gasteiger partial charge in [-0.2, -0.15) is 0 Å². The summed E-state index contributed by atoms with van der Waals surface area (Å²) in [5.41, 5.74) is 0.405. The van der Waals surface area contributed by atoms with Crippen LogP contribution in [0, 0.1) is 17.0 Å². The lowest BCUT2D eigenvalue weighted by atomic mass is 10.2. The SMILES string of the molecule is Cc1cnc(C(C)Nc2cc(Cl)ccc2[N+](=O)[O-])s1. The van der Waals surface area contributed by atoms with Gasteiger partial charge in [0.25, 0.3) is 5.69 Å². The van der Waals surface area contributed by atoms with Gasteiger partial charge >= 0.3 is 0 Å². The van der Waals surface area contributed by atoms with E-state index in [1.54, 1.807) is 23.6 Å². The normalized spacial score (nSPS) is 12.2. The summed E-state index contributed by atoms with van der Waals surface area (Å²) >= 11 is 7.44. The third kappa shape index (κ3) is 3.21. The highest BCUT2D eigenvalue weighted by molar-refractivity contribution is 7.11. The van der Waals surface area contributed by atoms with Crippen LogP contribution in [0.2, 0.25) is 5.02 Å². The van der Waals surface area contributed by atoms with E-state index in [4.69, 9.17) is 11.6 Å². The number of aryl methyl sites for hydroxylation is 1. The molecule has 1 aromatic carbocycles. The molecule has 0 spiro atoms. The van der Waals surface area contributed by atoms with Crippen LogP contribution in [0.4, 0.5) is 11.4 Å². The van der Waals surface area contributed by atoms with Crippen molar-refractivity contribution in [3.05, 3.63) is 49.4 Å². The molecule has 1 unspecified atom stereocenters. The predicted molar refractivity (Wildman–Crippen MR) is 77.0 cm³/mol. The fraction of sp³-hybridized carbons (Fsp3) is 0.250. The third-order valence-corrected chi connectivity index (χ3v) is 3.87. The number of nitro groups is 1. The van der Waals surface area contributed by atoms with E-state index >= 15 is 0 Å². The number of nitrogens with zero attached hydrogens (tertiary/aromatic N) is 2. The number of benzene rings is 1. The molecule has 1 aromatic heterocycles. The van der Waals surface area contributed by atoms with Gasteiger partial charge in [0, 0.05) is 22.2 Å². The monoisotopic (exact) mass is 297 g/mol. The van der Waals surface area contributed by atoms with Crippen molar-refractivity contribution in [2.45, 2.75) is 19.9 Å². The minimum Gasteiger partial charge on any atom is -0.370 e. The average molecular weight is 298 g/mol. The summed E-state index contributed by atoms with van der Waals surface area (Å²) in [6.07, 6.45) is 1.78. The Bertz CT molecular complexity index is 615. The number of hydrogen-bond donors (Lipinski definition) is 1. The first kappa shape index (κ1) is 13.8. The molecule has 2 aromatic rings. The summed E-state index contributed by atoms with van der Waals surface area (Å²) in [5.74, 6) is 0. The topological polar surface area (TPSA) is 68.1 Å². The standard InChI is InChI=1S/C12H12ClN3O2S/c1-7-6-14-12(19-7)8(2)15-10-5-9(13)3-4-11(10)16(17)18/h3-6,8,15H,1-2H3. The van der Waals surface area contributed by atoms with E-state index in [-0.39, 0.29) is 11.7 Å². The largest absolute Gasteiger partial charge is 0.370 e. The molecule has 0 aliphatic heterocycles. The summed E-state index contributed by atoms with van der Waals surface area (Å²) < 4.78 is 0. The number of thiazole rings is 1. The van der Waals surface area contributed by atoms with Crippen molar-refractivity contribution in [2.24, 2.45) is 0 Å². The average Bonchev–Trinajstić information content (AvgIpc) is 2.75. The van der Waals surface area contributed by atoms with Crippen LogP contribution in [0.1, 0.15) is 22.9 Å². The lowest BCUT2D eigenvalue weighted by molar-refractivity contribution is -0.384. The molecule has 0 aliphatic carbocycles. The van der Waals surface area contributed by atoms with Gasteiger partial charge in [-0.15, -0.1) is 11.3 Å². The van der Waals surface area contributed by atoms with Crippen LogP contribution in [0.5, 0.6) is 0 Å². The Morgan fingerprint density at radius 3 is 2.84 bits per heavy atom. The summed E-state index contributed by atoms with van der Waals surface area (Å²) in [4.78, 5) is 15.9. The van der Waals surface area contributed by atoms with Gasteiger partial charge < -0.3 is 5.32 Å². The highest BCUT2D eigenvalue weighted by Crippen LogP contribution is 2.31. The van der Waals surface area contributed by atoms with Crippen LogP contribution in [0.15, 0.2) is 24.4 Å². The third-order valence-electron chi connectivity index (χ3n) is 2.54. The molecule has 1 atom stereocenters. The second-order valence-corrected chi connectivity index (χ2v) is 5.80. The molecule has 0 fully saturated rings. The van der Waals surface area contributed by atoms with Crippen molar-refractivity contribution in [1.82, 2.24) is 4.98 Å². The molecule has 19 heavy (non-hydrogen) atoms. The summed E-state index contributed by atoms with van der Waals surface area (Å²) in [6, 6.07) is 4.33. The van der Waals surface area contributed by atoms with Crippen molar-refractivity contribution in [3.63, 3.8) is 0 Å². The van der Waals surface area contributed by atoms with Crippen molar-refractivity contribution >= 4 is 34.3 Å². The molecule has 0 bridgehead atoms. The molecular formula is C12H12ClN3O2S. The van der Waals surface area contributed by atoms with E-state index in [0.717, 1.165) is 9.88 Å². The summed E-state index contributed by atoms with van der Waals surface area (Å²) in [7, 11) is 0. The zero-order valence-corrected chi connectivity index (χ0v) is 12.0. The minimum absolute atomic E-state index is 0.00419. The summed E-state index contributed by atoms with van der Waals surface area (Å²) in [5, 5.41) is 15.4. The Balaban J connectivity index is 2.27. The van der Waals surface area contributed by atoms with Crippen molar-refractivity contribution in [3.8, 4) is 0 Å². The Hall–Kier alpha value is -1.66. The molecule has 7 heteroatoms. The van der Waals surface area contributed by atoms with Crippen LogP contribution in [-0.2, 0) is 0 Å². The van der Waals surface area contributed by atoms with Gasteiger partial charge in [-0.3, -0.25) is 10.1 Å². The number of hydrogen-bond acceptors (Lipinski definition) is 5. The van der Waals surface area contributed by atoms with Crippen molar-refractivity contribution < 1.29 is 4.92 Å². The number of nitrogens with one attached hydrogen (secondary N) is 1. The maximum Gasteiger partial charge on any atom is 0.292 e. The Labute approximate surface area is 119 Å². The number of aromatic nitrogens is 1. The molecule has 0 radical (unpaired) electrons. The number of rotatable bonds is 4. The molecule has 2 rings (SSSR count). The van der Waals surface area contributed by atoms with E-state index in [1.807, 2.05) is 13.8 Å². The van der Waals surface area contributed by atoms with E-state index < -0.39 is 4.92 Å². The fourth-order valence-corrected chi connectivity index (χ4v) is 2.60. The van der Waals surface area contributed by atoms with E-state index in [2.05, 4.69) is 10.3 Å². The molecule has 1 N–H and O–H groups in total. The molecule has 100 valence electrons. The van der Waals surface area contributed by atoms with Crippen LogP contribution in [-0.4, -0.2) is 9.91 Å². The first-order chi connectivity index (χ1) is 8.97. The second kappa shape index (κ2) is 5.54. The quantitative estimate of drug-likeness (QED) is 0.679. The molecule has 5 nitrogen and oxygen atoms in total. The molecular weight excluding hydrogens is 286 g/mol. The number of nitro benzene ring substituents is 1.